The minimum atomic E-state index is -0.113. The van der Waals surface area contributed by atoms with Crippen molar-refractivity contribution in [3.63, 3.8) is 0 Å². The summed E-state index contributed by atoms with van der Waals surface area (Å²) in [6.45, 7) is 4.69. The van der Waals surface area contributed by atoms with Crippen LogP contribution in [0.15, 0.2) is 24.5 Å². The maximum absolute atomic E-state index is 12.1. The van der Waals surface area contributed by atoms with E-state index in [9.17, 15) is 4.79 Å². The van der Waals surface area contributed by atoms with E-state index in [0.29, 0.717) is 13.1 Å². The Morgan fingerprint density at radius 2 is 2.26 bits per heavy atom. The first-order valence-corrected chi connectivity index (χ1v) is 9.25. The fourth-order valence-corrected chi connectivity index (χ4v) is 4.60. The van der Waals surface area contributed by atoms with Crippen molar-refractivity contribution in [2.24, 2.45) is 0 Å². The second-order valence-corrected chi connectivity index (χ2v) is 7.13. The average Bonchev–Trinajstić information content (AvgIpc) is 3.10. The Kier molecular flexibility index (Phi) is 5.75. The Bertz CT molecular complexity index is 502. The summed E-state index contributed by atoms with van der Waals surface area (Å²) in [5.74, 6) is 2.24. The summed E-state index contributed by atoms with van der Waals surface area (Å²) in [7, 11) is 0. The molecule has 1 aromatic heterocycles. The third kappa shape index (κ3) is 4.37. The molecule has 7 heteroatoms. The molecule has 2 saturated heterocycles. The van der Waals surface area contributed by atoms with Gasteiger partial charge in [-0.2, -0.15) is 11.8 Å². The molecule has 2 N–H and O–H groups in total. The summed E-state index contributed by atoms with van der Waals surface area (Å²) in [5, 5.41) is 5.97. The zero-order chi connectivity index (χ0) is 16.0. The van der Waals surface area contributed by atoms with Gasteiger partial charge in [0.05, 0.1) is 13.2 Å². The van der Waals surface area contributed by atoms with Gasteiger partial charge < -0.3 is 15.4 Å². The van der Waals surface area contributed by atoms with Crippen molar-refractivity contribution in [1.29, 1.82) is 0 Å². The van der Waals surface area contributed by atoms with Gasteiger partial charge in [0.1, 0.15) is 0 Å². The van der Waals surface area contributed by atoms with Crippen molar-refractivity contribution >= 4 is 17.8 Å². The summed E-state index contributed by atoms with van der Waals surface area (Å²) in [6, 6.07) is 3.71. The number of morpholine rings is 1. The van der Waals surface area contributed by atoms with Crippen LogP contribution in [0, 0.1) is 0 Å². The Balaban J connectivity index is 1.49. The highest BCUT2D eigenvalue weighted by molar-refractivity contribution is 7.99. The Morgan fingerprint density at radius 1 is 1.39 bits per heavy atom. The number of nitrogens with zero attached hydrogens (tertiary/aromatic N) is 2. The predicted molar refractivity (Wildman–Crippen MR) is 91.5 cm³/mol. The van der Waals surface area contributed by atoms with E-state index in [4.69, 9.17) is 4.74 Å². The second-order valence-electron chi connectivity index (χ2n) is 6.02. The van der Waals surface area contributed by atoms with Crippen LogP contribution in [0.25, 0.3) is 0 Å². The van der Waals surface area contributed by atoms with Crippen LogP contribution in [0.5, 0.6) is 0 Å². The minimum absolute atomic E-state index is 0.0834. The van der Waals surface area contributed by atoms with Crippen LogP contribution in [-0.2, 0) is 11.3 Å². The average molecular weight is 336 g/mol. The molecule has 0 saturated carbocycles. The molecule has 2 aliphatic rings. The number of urea groups is 1. The summed E-state index contributed by atoms with van der Waals surface area (Å²) < 4.78 is 5.46. The number of hydrogen-bond donors (Lipinski definition) is 2. The maximum atomic E-state index is 12.1. The normalized spacial score (nSPS) is 25.2. The maximum Gasteiger partial charge on any atom is 0.315 e. The van der Waals surface area contributed by atoms with Crippen LogP contribution in [0.4, 0.5) is 4.79 Å². The van der Waals surface area contributed by atoms with Crippen LogP contribution < -0.4 is 10.6 Å². The standard InChI is InChI=1S/C16H24N4O2S/c21-15(18-11-14-2-1-4-17-10-14)19-12-16(3-9-23-13-16)20-5-7-22-8-6-20/h1-2,4,10H,3,5-9,11-13H2,(H2,18,19,21). The van der Waals surface area contributed by atoms with E-state index in [-0.39, 0.29) is 11.6 Å². The van der Waals surface area contributed by atoms with E-state index in [2.05, 4.69) is 20.5 Å². The number of carbonyl (C=O) groups excluding carboxylic acids is 1. The van der Waals surface area contributed by atoms with Gasteiger partial charge in [-0.3, -0.25) is 9.88 Å². The van der Waals surface area contributed by atoms with Gasteiger partial charge in [-0.15, -0.1) is 0 Å². The van der Waals surface area contributed by atoms with E-state index < -0.39 is 0 Å². The summed E-state index contributed by atoms with van der Waals surface area (Å²) in [6.07, 6.45) is 4.62. The lowest BCUT2D eigenvalue weighted by atomic mass is 9.95. The lowest BCUT2D eigenvalue weighted by Gasteiger charge is -2.43. The molecule has 0 spiro atoms. The number of ether oxygens (including phenoxy) is 1. The highest BCUT2D eigenvalue weighted by Gasteiger charge is 2.40. The van der Waals surface area contributed by atoms with Gasteiger partial charge in [0.2, 0.25) is 0 Å². The van der Waals surface area contributed by atoms with Crippen LogP contribution in [0.2, 0.25) is 0 Å². The summed E-state index contributed by atoms with van der Waals surface area (Å²) in [4.78, 5) is 18.7. The van der Waals surface area contributed by atoms with Gasteiger partial charge in [-0.1, -0.05) is 6.07 Å². The van der Waals surface area contributed by atoms with Gasteiger partial charge in [-0.25, -0.2) is 4.79 Å². The lowest BCUT2D eigenvalue weighted by Crippen LogP contribution is -2.59. The number of hydrogen-bond acceptors (Lipinski definition) is 5. The van der Waals surface area contributed by atoms with Crippen LogP contribution in [0.1, 0.15) is 12.0 Å². The Labute approximate surface area is 141 Å². The van der Waals surface area contributed by atoms with Crippen LogP contribution in [0.3, 0.4) is 0 Å². The molecule has 3 rings (SSSR count). The molecule has 1 atom stereocenters. The quantitative estimate of drug-likeness (QED) is 0.843. The zero-order valence-electron chi connectivity index (χ0n) is 13.3. The van der Waals surface area contributed by atoms with Gasteiger partial charge in [-0.05, 0) is 23.8 Å². The van der Waals surface area contributed by atoms with Crippen LogP contribution in [-0.4, -0.2) is 65.8 Å². The molecule has 1 aromatic rings. The highest BCUT2D eigenvalue weighted by atomic mass is 32.2. The van der Waals surface area contributed by atoms with Crippen molar-refractivity contribution in [3.05, 3.63) is 30.1 Å². The third-order valence-electron chi connectivity index (χ3n) is 4.52. The van der Waals surface area contributed by atoms with Gasteiger partial charge in [0.15, 0.2) is 0 Å². The first-order valence-electron chi connectivity index (χ1n) is 8.10. The number of pyridine rings is 1. The smallest absolute Gasteiger partial charge is 0.315 e. The topological polar surface area (TPSA) is 66.5 Å². The first-order chi connectivity index (χ1) is 11.3. The molecule has 2 aliphatic heterocycles. The molecule has 0 bridgehead atoms. The lowest BCUT2D eigenvalue weighted by molar-refractivity contribution is -0.0124. The molecule has 126 valence electrons. The minimum Gasteiger partial charge on any atom is -0.379 e. The molecule has 0 aromatic carbocycles. The Morgan fingerprint density at radius 3 is 2.96 bits per heavy atom. The fraction of sp³-hybridized carbons (Fsp3) is 0.625. The molecule has 6 nitrogen and oxygen atoms in total. The molecular formula is C16H24N4O2S. The van der Waals surface area contributed by atoms with Crippen molar-refractivity contribution in [1.82, 2.24) is 20.5 Å². The van der Waals surface area contributed by atoms with E-state index in [1.807, 2.05) is 23.9 Å². The van der Waals surface area contributed by atoms with Crippen molar-refractivity contribution in [2.45, 2.75) is 18.5 Å². The summed E-state index contributed by atoms with van der Waals surface area (Å²) in [5.41, 5.74) is 1.09. The number of amides is 2. The SMILES string of the molecule is O=C(NCc1cccnc1)NCC1(N2CCOCC2)CCSC1. The molecule has 23 heavy (non-hydrogen) atoms. The molecule has 2 fully saturated rings. The van der Waals surface area contributed by atoms with Crippen molar-refractivity contribution < 1.29 is 9.53 Å². The van der Waals surface area contributed by atoms with Crippen LogP contribution >= 0.6 is 11.8 Å². The second kappa shape index (κ2) is 7.99. The molecule has 0 radical (unpaired) electrons. The zero-order valence-corrected chi connectivity index (χ0v) is 14.1. The third-order valence-corrected chi connectivity index (χ3v) is 5.75. The number of nitrogens with one attached hydrogen (secondary N) is 2. The van der Waals surface area contributed by atoms with E-state index in [1.54, 1.807) is 12.4 Å². The predicted octanol–water partition coefficient (Wildman–Crippen LogP) is 1.09. The van der Waals surface area contributed by atoms with Crippen molar-refractivity contribution in [3.8, 4) is 0 Å². The highest BCUT2D eigenvalue weighted by Crippen LogP contribution is 2.33. The molecule has 2 amide bonds. The van der Waals surface area contributed by atoms with Crippen molar-refractivity contribution in [2.75, 3.05) is 44.4 Å². The number of carbonyl (C=O) groups is 1. The molecule has 3 heterocycles. The van der Waals surface area contributed by atoms with Gasteiger partial charge in [0.25, 0.3) is 0 Å². The van der Waals surface area contributed by atoms with Gasteiger partial charge in [0, 0.05) is 49.9 Å². The largest absolute Gasteiger partial charge is 0.379 e. The molecule has 0 aliphatic carbocycles. The fourth-order valence-electron chi connectivity index (χ4n) is 3.13. The van der Waals surface area contributed by atoms with Gasteiger partial charge >= 0.3 is 6.03 Å². The number of aromatic nitrogens is 1. The Hall–Kier alpha value is -1.31. The van der Waals surface area contributed by atoms with E-state index in [1.165, 1.54) is 0 Å². The van der Waals surface area contributed by atoms with E-state index in [0.717, 1.165) is 49.8 Å². The molecule has 1 unspecified atom stereocenters. The van der Waals surface area contributed by atoms with E-state index >= 15 is 0 Å². The first kappa shape index (κ1) is 16.5. The summed E-state index contributed by atoms with van der Waals surface area (Å²) >= 11 is 1.97. The molecular weight excluding hydrogens is 312 g/mol. The monoisotopic (exact) mass is 336 g/mol. The number of thioether (sulfide) groups is 1. The number of rotatable bonds is 5.